The van der Waals surface area contributed by atoms with Gasteiger partial charge in [-0.25, -0.2) is 4.79 Å². The molecule has 12 heteroatoms. The first kappa shape index (κ1) is 20.1. The maximum atomic E-state index is 12.4. The molecule has 2 fully saturated rings. The number of hydrogen-bond acceptors (Lipinski definition) is 10. The number of rotatable bonds is 4. The molecule has 3 rings (SSSR count). The van der Waals surface area contributed by atoms with Crippen molar-refractivity contribution in [1.82, 2.24) is 9.55 Å². The number of H-pyrrole nitrogens is 1. The Bertz CT molecular complexity index is 824. The normalized spacial score (nSPS) is 42.0. The van der Waals surface area contributed by atoms with E-state index in [1.54, 1.807) is 0 Å². The van der Waals surface area contributed by atoms with Crippen LogP contribution in [0.25, 0.3) is 0 Å². The summed E-state index contributed by atoms with van der Waals surface area (Å²) in [6.45, 7) is -0.0704. The molecular formula is C15H22N2O10. The van der Waals surface area contributed by atoms with Crippen LogP contribution in [0.3, 0.4) is 0 Å². The van der Waals surface area contributed by atoms with Crippen molar-refractivity contribution in [2.45, 2.75) is 55.4 Å². The van der Waals surface area contributed by atoms with Gasteiger partial charge in [0.1, 0.15) is 24.4 Å². The largest absolute Gasteiger partial charge is 0.394 e. The van der Waals surface area contributed by atoms with Gasteiger partial charge in [-0.15, -0.1) is 0 Å². The van der Waals surface area contributed by atoms with Crippen molar-refractivity contribution >= 4 is 0 Å². The number of nitrogens with zero attached hydrogens (tertiary/aromatic N) is 1. The molecule has 1 aromatic heterocycles. The van der Waals surface area contributed by atoms with Crippen molar-refractivity contribution in [3.63, 3.8) is 0 Å². The van der Waals surface area contributed by atoms with Gasteiger partial charge in [-0.05, 0) is 6.92 Å². The number of aliphatic hydroxyl groups excluding tert-OH is 5. The fourth-order valence-corrected chi connectivity index (χ4v) is 3.62. The Hall–Kier alpha value is -1.64. The van der Waals surface area contributed by atoms with E-state index in [2.05, 4.69) is 0 Å². The average Bonchev–Trinajstić information content (AvgIpc) is 3.09. The van der Waals surface area contributed by atoms with Crippen molar-refractivity contribution < 1.29 is 40.1 Å². The van der Waals surface area contributed by atoms with Gasteiger partial charge in [0.15, 0.2) is 0 Å². The second-order valence-electron chi connectivity index (χ2n) is 6.81. The van der Waals surface area contributed by atoms with Gasteiger partial charge >= 0.3 is 5.69 Å². The van der Waals surface area contributed by atoms with E-state index in [0.717, 1.165) is 10.8 Å². The molecule has 0 amide bonds. The molecule has 27 heavy (non-hydrogen) atoms. The van der Waals surface area contributed by atoms with Crippen LogP contribution >= 0.6 is 0 Å². The first-order chi connectivity index (χ1) is 12.6. The molecule has 152 valence electrons. The van der Waals surface area contributed by atoms with E-state index in [-0.39, 0.29) is 5.56 Å². The highest BCUT2D eigenvalue weighted by molar-refractivity contribution is 5.12. The third-order valence-corrected chi connectivity index (χ3v) is 5.13. The van der Waals surface area contributed by atoms with Crippen molar-refractivity contribution in [3.05, 3.63) is 32.6 Å². The first-order valence-electron chi connectivity index (χ1n) is 8.28. The van der Waals surface area contributed by atoms with Crippen LogP contribution in [0.4, 0.5) is 0 Å². The van der Waals surface area contributed by atoms with Crippen LogP contribution in [-0.2, 0) is 15.2 Å². The highest BCUT2D eigenvalue weighted by atomic mass is 16.7. The van der Waals surface area contributed by atoms with E-state index in [1.165, 1.54) is 6.92 Å². The van der Waals surface area contributed by atoms with Gasteiger partial charge in [0.25, 0.3) is 5.56 Å². The molecule has 12 nitrogen and oxygen atoms in total. The molecule has 0 unspecified atom stereocenters. The molecule has 1 aromatic rings. The fourth-order valence-electron chi connectivity index (χ4n) is 3.62. The van der Waals surface area contributed by atoms with E-state index < -0.39 is 72.9 Å². The molecule has 0 saturated carbocycles. The maximum absolute atomic E-state index is 12.4. The third kappa shape index (κ3) is 2.77. The Kier molecular flexibility index (Phi) is 5.03. The second kappa shape index (κ2) is 6.76. The highest BCUT2D eigenvalue weighted by Gasteiger charge is 2.70. The zero-order valence-electron chi connectivity index (χ0n) is 14.3. The van der Waals surface area contributed by atoms with Gasteiger partial charge in [0.05, 0.1) is 19.3 Å². The second-order valence-corrected chi connectivity index (χ2v) is 6.81. The predicted octanol–water partition coefficient (Wildman–Crippen LogP) is -4.56. The summed E-state index contributed by atoms with van der Waals surface area (Å²) in [5.74, 6) is -2.79. The molecule has 0 aromatic carbocycles. The van der Waals surface area contributed by atoms with E-state index in [4.69, 9.17) is 9.47 Å². The molecule has 0 bridgehead atoms. The van der Waals surface area contributed by atoms with E-state index in [1.807, 2.05) is 4.98 Å². The summed E-state index contributed by atoms with van der Waals surface area (Å²) in [4.78, 5) is 26.2. The molecular weight excluding hydrogens is 368 g/mol. The number of aliphatic hydroxyl groups is 6. The average molecular weight is 390 g/mol. The summed E-state index contributed by atoms with van der Waals surface area (Å²) in [7, 11) is 0. The maximum Gasteiger partial charge on any atom is 0.330 e. The van der Waals surface area contributed by atoms with Crippen molar-refractivity contribution in [1.29, 1.82) is 0 Å². The Morgan fingerprint density at radius 2 is 1.81 bits per heavy atom. The molecule has 2 saturated heterocycles. The lowest BCUT2D eigenvalue weighted by molar-refractivity contribution is -0.356. The summed E-state index contributed by atoms with van der Waals surface area (Å²) in [5.41, 5.74) is -4.00. The Morgan fingerprint density at radius 1 is 1.19 bits per heavy atom. The monoisotopic (exact) mass is 390 g/mol. The van der Waals surface area contributed by atoms with Gasteiger partial charge in [-0.3, -0.25) is 14.3 Å². The number of aromatic nitrogens is 2. The zero-order chi connectivity index (χ0) is 20.1. The Labute approximate surface area is 151 Å². The van der Waals surface area contributed by atoms with Crippen molar-refractivity contribution in [2.75, 3.05) is 13.2 Å². The minimum absolute atomic E-state index is 0.0508. The van der Waals surface area contributed by atoms with Crippen LogP contribution < -0.4 is 11.2 Å². The van der Waals surface area contributed by atoms with E-state index in [9.17, 15) is 40.2 Å². The summed E-state index contributed by atoms with van der Waals surface area (Å²) in [5, 5.41) is 60.6. The van der Waals surface area contributed by atoms with Crippen molar-refractivity contribution in [3.8, 4) is 0 Å². The quantitative estimate of drug-likeness (QED) is 0.263. The number of aryl methyl sites for hydroxylation is 1. The minimum Gasteiger partial charge on any atom is -0.394 e. The lowest BCUT2D eigenvalue weighted by Crippen LogP contribution is -2.65. The molecule has 0 aliphatic carbocycles. The van der Waals surface area contributed by atoms with Crippen LogP contribution in [0, 0.1) is 6.92 Å². The van der Waals surface area contributed by atoms with Crippen molar-refractivity contribution in [2.24, 2.45) is 0 Å². The molecule has 3 heterocycles. The smallest absolute Gasteiger partial charge is 0.330 e. The van der Waals surface area contributed by atoms with Crippen LogP contribution in [-0.4, -0.2) is 89.7 Å². The molecule has 0 radical (unpaired) electrons. The highest BCUT2D eigenvalue weighted by Crippen LogP contribution is 2.49. The number of aromatic amines is 1. The number of hydrogen-bond donors (Lipinski definition) is 7. The van der Waals surface area contributed by atoms with E-state index >= 15 is 0 Å². The van der Waals surface area contributed by atoms with Crippen LogP contribution in [0.15, 0.2) is 15.8 Å². The van der Waals surface area contributed by atoms with Gasteiger partial charge in [0, 0.05) is 18.2 Å². The lowest BCUT2D eigenvalue weighted by atomic mass is 9.91. The standard InChI is InChI=1S/C15H22N2O10/c1-6-3-17(13(24)16-12(6)23)14(2-7(20)8(4-18)26-14)15(25)11(22)10(21)9(5-19)27-15/h3,7-11,18-22,25H,2,4-5H2,1H3,(H,16,23,24)/t7-,8+,9-,10-,11-,14-,15-/m0/s1. The fraction of sp³-hybridized carbons (Fsp3) is 0.733. The molecule has 2 aliphatic rings. The summed E-state index contributed by atoms with van der Waals surface area (Å²) < 4.78 is 11.6. The first-order valence-corrected chi connectivity index (χ1v) is 8.28. The third-order valence-electron chi connectivity index (χ3n) is 5.13. The predicted molar refractivity (Wildman–Crippen MR) is 85.5 cm³/mol. The Balaban J connectivity index is 2.24. The SMILES string of the molecule is Cc1cn([C@@]2([C@@]3(O)O[C@@H](CO)[C@H](O)[C@@H]3O)C[C@H](O)[C@@H](CO)O2)c(=O)[nH]c1=O. The lowest BCUT2D eigenvalue weighted by Gasteiger charge is -2.43. The summed E-state index contributed by atoms with van der Waals surface area (Å²) in [6, 6.07) is 0. The van der Waals surface area contributed by atoms with Crippen LogP contribution in [0.2, 0.25) is 0 Å². The molecule has 2 aliphatic heterocycles. The summed E-state index contributed by atoms with van der Waals surface area (Å²) in [6.07, 6.45) is -7.30. The van der Waals surface area contributed by atoms with Crippen LogP contribution in [0.1, 0.15) is 12.0 Å². The summed E-state index contributed by atoms with van der Waals surface area (Å²) >= 11 is 0. The zero-order valence-corrected chi connectivity index (χ0v) is 14.3. The topological polar surface area (TPSA) is 195 Å². The van der Waals surface area contributed by atoms with Gasteiger partial charge in [-0.2, -0.15) is 0 Å². The van der Waals surface area contributed by atoms with Crippen LogP contribution in [0.5, 0.6) is 0 Å². The molecule has 0 spiro atoms. The minimum atomic E-state index is -2.79. The van der Waals surface area contributed by atoms with Gasteiger partial charge in [-0.1, -0.05) is 0 Å². The van der Waals surface area contributed by atoms with Gasteiger partial charge in [0.2, 0.25) is 11.5 Å². The van der Waals surface area contributed by atoms with E-state index in [0.29, 0.717) is 0 Å². The number of ether oxygens (including phenoxy) is 2. The molecule has 7 atom stereocenters. The van der Waals surface area contributed by atoms with Gasteiger partial charge < -0.3 is 40.1 Å². The Morgan fingerprint density at radius 3 is 2.33 bits per heavy atom. The number of nitrogens with one attached hydrogen (secondary N) is 1. The molecule has 7 N–H and O–H groups in total.